The Morgan fingerprint density at radius 1 is 1.64 bits per heavy atom. The average Bonchev–Trinajstić information content (AvgIpc) is 2.61. The maximum absolute atomic E-state index is 11.2. The lowest BCUT2D eigenvalue weighted by Crippen LogP contribution is -2.07. The molecule has 0 spiro atoms. The van der Waals surface area contributed by atoms with Crippen LogP contribution in [-0.2, 0) is 16.9 Å². The SMILES string of the molecule is Cn1ccnc1SC1CCS(=O)(=O)C1. The molecule has 6 heteroatoms. The monoisotopic (exact) mass is 232 g/mol. The number of imidazole rings is 1. The minimum Gasteiger partial charge on any atom is -0.329 e. The predicted octanol–water partition coefficient (Wildman–Crippen LogP) is 0.699. The van der Waals surface area contributed by atoms with Crippen molar-refractivity contribution in [3.63, 3.8) is 0 Å². The maximum Gasteiger partial charge on any atom is 0.167 e. The van der Waals surface area contributed by atoms with Gasteiger partial charge in [0.1, 0.15) is 0 Å². The van der Waals surface area contributed by atoms with E-state index in [1.165, 1.54) is 0 Å². The van der Waals surface area contributed by atoms with Gasteiger partial charge < -0.3 is 4.57 Å². The number of aryl methyl sites for hydroxylation is 1. The molecule has 0 aromatic carbocycles. The van der Waals surface area contributed by atoms with E-state index in [0.29, 0.717) is 11.5 Å². The van der Waals surface area contributed by atoms with Crippen LogP contribution in [0.5, 0.6) is 0 Å². The summed E-state index contributed by atoms with van der Waals surface area (Å²) in [5, 5.41) is 1.08. The van der Waals surface area contributed by atoms with Gasteiger partial charge in [0.2, 0.25) is 0 Å². The summed E-state index contributed by atoms with van der Waals surface area (Å²) >= 11 is 1.56. The molecule has 2 rings (SSSR count). The van der Waals surface area contributed by atoms with Gasteiger partial charge in [-0.2, -0.15) is 0 Å². The van der Waals surface area contributed by atoms with Crippen molar-refractivity contribution < 1.29 is 8.42 Å². The average molecular weight is 232 g/mol. The fourth-order valence-electron chi connectivity index (χ4n) is 1.47. The van der Waals surface area contributed by atoms with Crippen molar-refractivity contribution in [3.8, 4) is 0 Å². The molecule has 1 saturated heterocycles. The molecule has 1 aliphatic heterocycles. The molecule has 78 valence electrons. The van der Waals surface area contributed by atoms with Gasteiger partial charge in [-0.15, -0.1) is 0 Å². The van der Waals surface area contributed by atoms with E-state index < -0.39 is 9.84 Å². The quantitative estimate of drug-likeness (QED) is 0.753. The summed E-state index contributed by atoms with van der Waals surface area (Å²) in [6.45, 7) is 0. The van der Waals surface area contributed by atoms with Crippen LogP contribution in [0.4, 0.5) is 0 Å². The smallest absolute Gasteiger partial charge is 0.167 e. The Balaban J connectivity index is 2.04. The third-order valence-electron chi connectivity index (χ3n) is 2.24. The van der Waals surface area contributed by atoms with E-state index in [2.05, 4.69) is 4.98 Å². The normalized spacial score (nSPS) is 25.4. The summed E-state index contributed by atoms with van der Waals surface area (Å²) in [5.41, 5.74) is 0. The topological polar surface area (TPSA) is 52.0 Å². The molecule has 14 heavy (non-hydrogen) atoms. The number of rotatable bonds is 2. The number of thioether (sulfide) groups is 1. The minimum absolute atomic E-state index is 0.182. The highest BCUT2D eigenvalue weighted by Crippen LogP contribution is 2.29. The van der Waals surface area contributed by atoms with Crippen molar-refractivity contribution in [2.75, 3.05) is 11.5 Å². The van der Waals surface area contributed by atoms with Crippen molar-refractivity contribution in [1.82, 2.24) is 9.55 Å². The second-order valence-corrected chi connectivity index (χ2v) is 6.96. The number of hydrogen-bond donors (Lipinski definition) is 0. The van der Waals surface area contributed by atoms with Crippen LogP contribution >= 0.6 is 11.8 Å². The Labute approximate surface area is 87.6 Å². The van der Waals surface area contributed by atoms with Gasteiger partial charge in [-0.25, -0.2) is 13.4 Å². The summed E-state index contributed by atoms with van der Waals surface area (Å²) < 4.78 is 24.3. The number of nitrogens with zero attached hydrogens (tertiary/aromatic N) is 2. The molecule has 2 heterocycles. The van der Waals surface area contributed by atoms with Gasteiger partial charge in [-0.05, 0) is 6.42 Å². The second-order valence-electron chi connectivity index (χ2n) is 3.46. The van der Waals surface area contributed by atoms with Crippen LogP contribution in [0.3, 0.4) is 0 Å². The molecule has 0 saturated carbocycles. The molecule has 1 aromatic heterocycles. The number of sulfone groups is 1. The van der Waals surface area contributed by atoms with Crippen molar-refractivity contribution >= 4 is 21.6 Å². The predicted molar refractivity (Wildman–Crippen MR) is 56.1 cm³/mol. The zero-order chi connectivity index (χ0) is 10.2. The molecule has 0 aliphatic carbocycles. The summed E-state index contributed by atoms with van der Waals surface area (Å²) in [4.78, 5) is 4.16. The van der Waals surface area contributed by atoms with Gasteiger partial charge in [-0.3, -0.25) is 0 Å². The molecule has 0 N–H and O–H groups in total. The first-order valence-corrected chi connectivity index (χ1v) is 7.11. The molecule has 0 radical (unpaired) electrons. The first-order valence-electron chi connectivity index (χ1n) is 4.41. The number of aromatic nitrogens is 2. The van der Waals surface area contributed by atoms with E-state index in [1.54, 1.807) is 18.0 Å². The van der Waals surface area contributed by atoms with Crippen molar-refractivity contribution in [1.29, 1.82) is 0 Å². The molecule has 0 amide bonds. The molecule has 1 atom stereocenters. The van der Waals surface area contributed by atoms with Crippen molar-refractivity contribution in [3.05, 3.63) is 12.4 Å². The summed E-state index contributed by atoms with van der Waals surface area (Å²) in [6, 6.07) is 0. The van der Waals surface area contributed by atoms with E-state index >= 15 is 0 Å². The summed E-state index contributed by atoms with van der Waals surface area (Å²) in [7, 11) is -0.854. The van der Waals surface area contributed by atoms with E-state index in [9.17, 15) is 8.42 Å². The molecule has 1 unspecified atom stereocenters. The standard InChI is InChI=1S/C8H12N2O2S2/c1-10-4-3-9-8(10)13-7-2-5-14(11,12)6-7/h3-4,7H,2,5-6H2,1H3. The van der Waals surface area contributed by atoms with Gasteiger partial charge in [0.25, 0.3) is 0 Å². The maximum atomic E-state index is 11.2. The molecule has 1 fully saturated rings. The van der Waals surface area contributed by atoms with Gasteiger partial charge in [0, 0.05) is 24.7 Å². The minimum atomic E-state index is -2.77. The molecule has 0 bridgehead atoms. The molecule has 4 nitrogen and oxygen atoms in total. The summed E-state index contributed by atoms with van der Waals surface area (Å²) in [5.74, 6) is 0.625. The van der Waals surface area contributed by atoms with Crippen LogP contribution in [-0.4, -0.2) is 34.7 Å². The third-order valence-corrected chi connectivity index (χ3v) is 5.56. The van der Waals surface area contributed by atoms with Crippen LogP contribution < -0.4 is 0 Å². The third kappa shape index (κ3) is 2.12. The van der Waals surface area contributed by atoms with Gasteiger partial charge in [-0.1, -0.05) is 11.8 Å². The van der Waals surface area contributed by atoms with E-state index in [0.717, 1.165) is 11.6 Å². The largest absolute Gasteiger partial charge is 0.329 e. The lowest BCUT2D eigenvalue weighted by Gasteiger charge is -2.05. The van der Waals surface area contributed by atoms with Gasteiger partial charge in [0.05, 0.1) is 11.5 Å². The van der Waals surface area contributed by atoms with Crippen molar-refractivity contribution in [2.24, 2.45) is 7.05 Å². The highest BCUT2D eigenvalue weighted by atomic mass is 32.2. The molecular weight excluding hydrogens is 220 g/mol. The Morgan fingerprint density at radius 2 is 2.43 bits per heavy atom. The number of hydrogen-bond acceptors (Lipinski definition) is 4. The lowest BCUT2D eigenvalue weighted by atomic mass is 10.4. The first-order chi connectivity index (χ1) is 6.57. The van der Waals surface area contributed by atoms with Gasteiger partial charge in [0.15, 0.2) is 15.0 Å². The molecule has 1 aromatic rings. The Morgan fingerprint density at radius 3 is 2.93 bits per heavy atom. The van der Waals surface area contributed by atoms with E-state index in [1.807, 2.05) is 17.8 Å². The highest BCUT2D eigenvalue weighted by Gasteiger charge is 2.29. The molecule has 1 aliphatic rings. The van der Waals surface area contributed by atoms with Crippen LogP contribution in [0.1, 0.15) is 6.42 Å². The fraction of sp³-hybridized carbons (Fsp3) is 0.625. The Hall–Kier alpha value is -0.490. The van der Waals surface area contributed by atoms with Crippen LogP contribution in [0, 0.1) is 0 Å². The fourth-order valence-corrected chi connectivity index (χ4v) is 4.94. The Kier molecular flexibility index (Phi) is 2.57. The highest BCUT2D eigenvalue weighted by molar-refractivity contribution is 8.01. The van der Waals surface area contributed by atoms with Crippen LogP contribution in [0.25, 0.3) is 0 Å². The van der Waals surface area contributed by atoms with Gasteiger partial charge >= 0.3 is 0 Å². The second kappa shape index (κ2) is 3.58. The Bertz CT molecular complexity index is 424. The van der Waals surface area contributed by atoms with E-state index in [-0.39, 0.29) is 5.25 Å². The van der Waals surface area contributed by atoms with Crippen LogP contribution in [0.15, 0.2) is 17.6 Å². The zero-order valence-electron chi connectivity index (χ0n) is 7.88. The summed E-state index contributed by atoms with van der Waals surface area (Å²) in [6.07, 6.45) is 4.34. The van der Waals surface area contributed by atoms with E-state index in [4.69, 9.17) is 0 Å². The zero-order valence-corrected chi connectivity index (χ0v) is 9.51. The first kappa shape index (κ1) is 10.0. The van der Waals surface area contributed by atoms with Crippen LogP contribution in [0.2, 0.25) is 0 Å². The molecular formula is C8H12N2O2S2. The van der Waals surface area contributed by atoms with Crippen molar-refractivity contribution in [2.45, 2.75) is 16.8 Å². The lowest BCUT2D eigenvalue weighted by molar-refractivity contribution is 0.602.